The first kappa shape index (κ1) is 14.8. The molecule has 4 heteroatoms. The molecule has 0 aromatic heterocycles. The Labute approximate surface area is 114 Å². The maximum atomic E-state index is 9.24. The van der Waals surface area contributed by atoms with E-state index in [2.05, 4.69) is 24.8 Å². The van der Waals surface area contributed by atoms with Gasteiger partial charge in [0, 0.05) is 25.6 Å². The number of ether oxygens (including phenoxy) is 1. The SMILES string of the molecule is CCN(c1ccc(CCl)cc1C#N)C(C)COC. The molecule has 1 atom stereocenters. The van der Waals surface area contributed by atoms with E-state index in [1.165, 1.54) is 0 Å². The Bertz CT molecular complexity index is 428. The molecular formula is C14H19ClN2O. The van der Waals surface area contributed by atoms with Gasteiger partial charge in [0.25, 0.3) is 0 Å². The van der Waals surface area contributed by atoms with Gasteiger partial charge in [0.1, 0.15) is 6.07 Å². The smallest absolute Gasteiger partial charge is 0.101 e. The number of hydrogen-bond acceptors (Lipinski definition) is 3. The van der Waals surface area contributed by atoms with Crippen molar-refractivity contribution in [3.8, 4) is 6.07 Å². The number of anilines is 1. The first-order chi connectivity index (χ1) is 8.67. The molecule has 0 radical (unpaired) electrons. The molecule has 0 heterocycles. The second-order valence-corrected chi connectivity index (χ2v) is 4.45. The minimum absolute atomic E-state index is 0.231. The minimum atomic E-state index is 0.231. The molecule has 0 aliphatic carbocycles. The summed E-state index contributed by atoms with van der Waals surface area (Å²) in [6, 6.07) is 8.25. The van der Waals surface area contributed by atoms with Gasteiger partial charge in [-0.15, -0.1) is 11.6 Å². The number of methoxy groups -OCH3 is 1. The van der Waals surface area contributed by atoms with E-state index in [0.717, 1.165) is 17.8 Å². The van der Waals surface area contributed by atoms with Crippen LogP contribution >= 0.6 is 11.6 Å². The van der Waals surface area contributed by atoms with Gasteiger partial charge in [-0.3, -0.25) is 0 Å². The molecule has 0 aliphatic heterocycles. The number of alkyl halides is 1. The maximum absolute atomic E-state index is 9.24. The van der Waals surface area contributed by atoms with Crippen LogP contribution in [0.5, 0.6) is 0 Å². The van der Waals surface area contributed by atoms with Crippen molar-refractivity contribution in [3.05, 3.63) is 29.3 Å². The highest BCUT2D eigenvalue weighted by Crippen LogP contribution is 2.24. The van der Waals surface area contributed by atoms with Gasteiger partial charge in [0.2, 0.25) is 0 Å². The Morgan fingerprint density at radius 1 is 1.50 bits per heavy atom. The Kier molecular flexibility index (Phi) is 5.97. The minimum Gasteiger partial charge on any atom is -0.383 e. The van der Waals surface area contributed by atoms with Crippen LogP contribution in [0.3, 0.4) is 0 Å². The van der Waals surface area contributed by atoms with Crippen LogP contribution in [0.25, 0.3) is 0 Å². The topological polar surface area (TPSA) is 36.3 Å². The van der Waals surface area contributed by atoms with Crippen molar-refractivity contribution in [2.45, 2.75) is 25.8 Å². The lowest BCUT2D eigenvalue weighted by Gasteiger charge is -2.30. The zero-order chi connectivity index (χ0) is 13.5. The Morgan fingerprint density at radius 2 is 2.22 bits per heavy atom. The predicted molar refractivity (Wildman–Crippen MR) is 75.1 cm³/mol. The summed E-state index contributed by atoms with van der Waals surface area (Å²) in [5.41, 5.74) is 2.57. The quantitative estimate of drug-likeness (QED) is 0.742. The van der Waals surface area contributed by atoms with Crippen molar-refractivity contribution in [1.29, 1.82) is 5.26 Å². The van der Waals surface area contributed by atoms with E-state index < -0.39 is 0 Å². The lowest BCUT2D eigenvalue weighted by atomic mass is 10.1. The number of nitriles is 1. The number of halogens is 1. The van der Waals surface area contributed by atoms with E-state index >= 15 is 0 Å². The first-order valence-corrected chi connectivity index (χ1v) is 6.55. The van der Waals surface area contributed by atoms with Gasteiger partial charge in [-0.25, -0.2) is 0 Å². The summed E-state index contributed by atoms with van der Waals surface area (Å²) in [5, 5.41) is 9.24. The molecule has 1 rings (SSSR count). The van der Waals surface area contributed by atoms with Crippen molar-refractivity contribution in [2.24, 2.45) is 0 Å². The van der Waals surface area contributed by atoms with Crippen molar-refractivity contribution in [2.75, 3.05) is 25.2 Å². The van der Waals surface area contributed by atoms with Crippen molar-refractivity contribution < 1.29 is 4.74 Å². The number of hydrogen-bond donors (Lipinski definition) is 0. The third-order valence-corrected chi connectivity index (χ3v) is 3.23. The molecule has 3 nitrogen and oxygen atoms in total. The normalized spacial score (nSPS) is 11.9. The Balaban J connectivity index is 3.09. The second-order valence-electron chi connectivity index (χ2n) is 4.19. The lowest BCUT2D eigenvalue weighted by molar-refractivity contribution is 0.182. The first-order valence-electron chi connectivity index (χ1n) is 6.02. The average Bonchev–Trinajstić information content (AvgIpc) is 2.40. The van der Waals surface area contributed by atoms with Crippen LogP contribution < -0.4 is 4.90 Å². The van der Waals surface area contributed by atoms with Gasteiger partial charge in [-0.2, -0.15) is 5.26 Å². The molecule has 0 bridgehead atoms. The molecule has 1 aromatic rings. The molecule has 0 amide bonds. The van der Waals surface area contributed by atoms with Crippen LogP contribution in [0.1, 0.15) is 25.0 Å². The summed E-state index contributed by atoms with van der Waals surface area (Å²) >= 11 is 5.79. The van der Waals surface area contributed by atoms with Crippen LogP contribution in [0.4, 0.5) is 5.69 Å². The Morgan fingerprint density at radius 3 is 2.72 bits per heavy atom. The van der Waals surface area contributed by atoms with Crippen molar-refractivity contribution in [3.63, 3.8) is 0 Å². The number of benzene rings is 1. The molecule has 0 spiro atoms. The molecule has 0 saturated carbocycles. The molecule has 0 fully saturated rings. The maximum Gasteiger partial charge on any atom is 0.101 e. The molecule has 98 valence electrons. The number of rotatable bonds is 6. The summed E-state index contributed by atoms with van der Waals surface area (Å²) in [5.74, 6) is 0.425. The highest BCUT2D eigenvalue weighted by molar-refractivity contribution is 6.17. The van der Waals surface area contributed by atoms with Gasteiger partial charge in [-0.05, 0) is 31.5 Å². The van der Waals surface area contributed by atoms with E-state index in [1.54, 1.807) is 7.11 Å². The van der Waals surface area contributed by atoms with E-state index in [4.69, 9.17) is 16.3 Å². The second kappa shape index (κ2) is 7.25. The molecular weight excluding hydrogens is 248 g/mol. The molecule has 0 N–H and O–H groups in total. The molecule has 0 saturated heterocycles. The highest BCUT2D eigenvalue weighted by atomic mass is 35.5. The van der Waals surface area contributed by atoms with Gasteiger partial charge < -0.3 is 9.64 Å². The zero-order valence-electron chi connectivity index (χ0n) is 11.1. The largest absolute Gasteiger partial charge is 0.383 e. The van der Waals surface area contributed by atoms with Gasteiger partial charge in [0.15, 0.2) is 0 Å². The molecule has 0 aliphatic rings. The van der Waals surface area contributed by atoms with Crippen molar-refractivity contribution in [1.82, 2.24) is 0 Å². The van der Waals surface area contributed by atoms with Crippen molar-refractivity contribution >= 4 is 17.3 Å². The van der Waals surface area contributed by atoms with Gasteiger partial charge in [-0.1, -0.05) is 6.07 Å². The summed E-state index contributed by atoms with van der Waals surface area (Å²) in [6.07, 6.45) is 0. The molecule has 1 aromatic carbocycles. The van der Waals surface area contributed by atoms with Crippen LogP contribution in [0.2, 0.25) is 0 Å². The van der Waals surface area contributed by atoms with E-state index in [9.17, 15) is 5.26 Å². The van der Waals surface area contributed by atoms with Gasteiger partial charge in [0.05, 0.1) is 17.9 Å². The summed E-state index contributed by atoms with van der Waals surface area (Å²) in [7, 11) is 1.69. The monoisotopic (exact) mass is 266 g/mol. The average molecular weight is 267 g/mol. The fourth-order valence-corrected chi connectivity index (χ4v) is 2.22. The van der Waals surface area contributed by atoms with Gasteiger partial charge >= 0.3 is 0 Å². The fourth-order valence-electron chi connectivity index (χ4n) is 2.06. The third kappa shape index (κ3) is 3.38. The van der Waals surface area contributed by atoms with E-state index in [1.807, 2.05) is 18.2 Å². The lowest BCUT2D eigenvalue weighted by Crippen LogP contribution is -2.36. The van der Waals surface area contributed by atoms with Crippen LogP contribution in [0.15, 0.2) is 18.2 Å². The van der Waals surface area contributed by atoms with Crippen LogP contribution in [-0.4, -0.2) is 26.3 Å². The highest BCUT2D eigenvalue weighted by Gasteiger charge is 2.16. The summed E-state index contributed by atoms with van der Waals surface area (Å²) in [4.78, 5) is 2.17. The predicted octanol–water partition coefficient (Wildman–Crippen LogP) is 3.16. The summed E-state index contributed by atoms with van der Waals surface area (Å²) < 4.78 is 5.18. The molecule has 1 unspecified atom stereocenters. The number of likely N-dealkylation sites (N-methyl/N-ethyl adjacent to an activating group) is 1. The fraction of sp³-hybridized carbons (Fsp3) is 0.500. The van der Waals surface area contributed by atoms with Crippen LogP contribution in [-0.2, 0) is 10.6 Å². The summed E-state index contributed by atoms with van der Waals surface area (Å²) in [6.45, 7) is 5.63. The van der Waals surface area contributed by atoms with E-state index in [-0.39, 0.29) is 6.04 Å². The van der Waals surface area contributed by atoms with E-state index in [0.29, 0.717) is 18.1 Å². The van der Waals surface area contributed by atoms with Crippen LogP contribution in [0, 0.1) is 11.3 Å². The number of nitrogens with zero attached hydrogens (tertiary/aromatic N) is 2. The molecule has 18 heavy (non-hydrogen) atoms. The Hall–Kier alpha value is -1.24. The standard InChI is InChI=1S/C14H19ClN2O/c1-4-17(11(2)10-18-3)14-6-5-12(8-15)7-13(14)9-16/h5-7,11H,4,8,10H2,1-3H3. The third-order valence-electron chi connectivity index (χ3n) is 2.93. The zero-order valence-corrected chi connectivity index (χ0v) is 11.9.